The van der Waals surface area contributed by atoms with Crippen molar-refractivity contribution in [3.05, 3.63) is 93.4 Å². The van der Waals surface area contributed by atoms with Crippen LogP contribution in [-0.4, -0.2) is 15.5 Å². The molecule has 2 heterocycles. The number of amides is 1. The lowest BCUT2D eigenvalue weighted by Gasteiger charge is -2.08. The van der Waals surface area contributed by atoms with Crippen molar-refractivity contribution in [2.45, 2.75) is 19.8 Å². The predicted molar refractivity (Wildman–Crippen MR) is 117 cm³/mol. The molecule has 0 saturated carbocycles. The van der Waals surface area contributed by atoms with E-state index in [9.17, 15) is 9.59 Å². The van der Waals surface area contributed by atoms with Crippen molar-refractivity contribution in [3.8, 4) is 5.69 Å². The molecule has 4 rings (SSSR count). The largest absolute Gasteiger partial charge is 0.336 e. The van der Waals surface area contributed by atoms with Crippen LogP contribution in [0.1, 0.15) is 29.4 Å². The molecule has 2 aromatic carbocycles. The maximum absolute atomic E-state index is 12.8. The molecule has 0 fully saturated rings. The number of halogens is 1. The molecule has 5 nitrogen and oxygen atoms in total. The SMILES string of the molecule is CCCc1cccc(NC(=O)c2cc3ccc(=O)n(-c4ccc(Cl)cc4)c3[nH]2)c1. The average Bonchev–Trinajstić information content (AvgIpc) is 3.14. The van der Waals surface area contributed by atoms with Gasteiger partial charge < -0.3 is 10.3 Å². The van der Waals surface area contributed by atoms with E-state index in [1.165, 1.54) is 16.2 Å². The third-order valence-corrected chi connectivity index (χ3v) is 4.98. The maximum atomic E-state index is 12.8. The van der Waals surface area contributed by atoms with Gasteiger partial charge in [-0.2, -0.15) is 0 Å². The first kappa shape index (κ1) is 19.0. The number of aromatic amines is 1. The lowest BCUT2D eigenvalue weighted by molar-refractivity contribution is 0.102. The lowest BCUT2D eigenvalue weighted by atomic mass is 10.1. The second-order valence-corrected chi connectivity index (χ2v) is 7.31. The molecule has 0 aliphatic rings. The van der Waals surface area contributed by atoms with Crippen LogP contribution in [0.25, 0.3) is 16.7 Å². The normalized spacial score (nSPS) is 11.0. The number of nitrogens with one attached hydrogen (secondary N) is 2. The first-order chi connectivity index (χ1) is 14.0. The number of benzene rings is 2. The Bertz CT molecular complexity index is 1240. The molecule has 0 bridgehead atoms. The van der Waals surface area contributed by atoms with E-state index in [4.69, 9.17) is 11.6 Å². The molecular weight excluding hydrogens is 386 g/mol. The minimum Gasteiger partial charge on any atom is -0.336 e. The zero-order valence-corrected chi connectivity index (χ0v) is 16.7. The van der Waals surface area contributed by atoms with Gasteiger partial charge in [-0.25, -0.2) is 0 Å². The van der Waals surface area contributed by atoms with Crippen LogP contribution in [-0.2, 0) is 6.42 Å². The monoisotopic (exact) mass is 405 g/mol. The van der Waals surface area contributed by atoms with Crippen LogP contribution in [0.3, 0.4) is 0 Å². The zero-order valence-electron chi connectivity index (χ0n) is 15.9. The summed E-state index contributed by atoms with van der Waals surface area (Å²) in [5.41, 5.74) is 3.35. The van der Waals surface area contributed by atoms with Crippen LogP contribution in [0.2, 0.25) is 5.02 Å². The van der Waals surface area contributed by atoms with E-state index in [1.807, 2.05) is 24.3 Å². The van der Waals surface area contributed by atoms with Crippen LogP contribution in [0.5, 0.6) is 0 Å². The van der Waals surface area contributed by atoms with Crippen LogP contribution in [0.4, 0.5) is 5.69 Å². The van der Waals surface area contributed by atoms with Gasteiger partial charge in [0.05, 0.1) is 5.69 Å². The number of rotatable bonds is 5. The summed E-state index contributed by atoms with van der Waals surface area (Å²) in [6.07, 6.45) is 2.01. The van der Waals surface area contributed by atoms with Gasteiger partial charge in [-0.3, -0.25) is 14.2 Å². The van der Waals surface area contributed by atoms with E-state index in [0.29, 0.717) is 22.1 Å². The van der Waals surface area contributed by atoms with Gasteiger partial charge >= 0.3 is 0 Å². The van der Waals surface area contributed by atoms with E-state index >= 15 is 0 Å². The van der Waals surface area contributed by atoms with E-state index in [2.05, 4.69) is 17.2 Å². The molecule has 29 heavy (non-hydrogen) atoms. The predicted octanol–water partition coefficient (Wildman–Crippen LogP) is 5.18. The number of hydrogen-bond donors (Lipinski definition) is 2. The van der Waals surface area contributed by atoms with Crippen molar-refractivity contribution in [2.75, 3.05) is 5.32 Å². The number of nitrogens with zero attached hydrogens (tertiary/aromatic N) is 1. The average molecular weight is 406 g/mol. The van der Waals surface area contributed by atoms with E-state index in [-0.39, 0.29) is 11.5 Å². The number of pyridine rings is 1. The molecule has 0 radical (unpaired) electrons. The van der Waals surface area contributed by atoms with Gasteiger partial charge in [0, 0.05) is 22.2 Å². The molecule has 4 aromatic rings. The summed E-state index contributed by atoms with van der Waals surface area (Å²) >= 11 is 5.96. The van der Waals surface area contributed by atoms with Gasteiger partial charge in [0.2, 0.25) is 0 Å². The third kappa shape index (κ3) is 3.96. The molecule has 0 saturated heterocycles. The number of anilines is 1. The Morgan fingerprint density at radius 2 is 1.86 bits per heavy atom. The van der Waals surface area contributed by atoms with E-state index < -0.39 is 0 Å². The maximum Gasteiger partial charge on any atom is 0.272 e. The zero-order chi connectivity index (χ0) is 20.4. The Kier molecular flexibility index (Phi) is 5.23. The molecule has 146 valence electrons. The number of H-pyrrole nitrogens is 1. The van der Waals surface area contributed by atoms with E-state index in [1.54, 1.807) is 36.4 Å². The standard InChI is InChI=1S/C23H20ClN3O2/c1-2-4-15-5-3-6-18(13-15)25-23(29)20-14-16-7-12-21(28)27(22(16)26-20)19-10-8-17(24)9-11-19/h3,5-14,26H,2,4H2,1H3,(H,25,29). The summed E-state index contributed by atoms with van der Waals surface area (Å²) in [5, 5.41) is 4.28. The second kappa shape index (κ2) is 7.97. The fourth-order valence-electron chi connectivity index (χ4n) is 3.38. The van der Waals surface area contributed by atoms with Gasteiger partial charge in [-0.15, -0.1) is 0 Å². The Morgan fingerprint density at radius 3 is 2.62 bits per heavy atom. The Labute approximate surface area is 173 Å². The van der Waals surface area contributed by atoms with Crippen LogP contribution in [0.15, 0.2) is 71.5 Å². The molecule has 0 aliphatic carbocycles. The first-order valence-electron chi connectivity index (χ1n) is 9.46. The smallest absolute Gasteiger partial charge is 0.272 e. The van der Waals surface area contributed by atoms with Gasteiger partial charge in [0.1, 0.15) is 11.3 Å². The van der Waals surface area contributed by atoms with Crippen molar-refractivity contribution in [1.29, 1.82) is 0 Å². The van der Waals surface area contributed by atoms with Crippen LogP contribution < -0.4 is 10.9 Å². The number of carbonyl (C=O) groups is 1. The molecule has 0 unspecified atom stereocenters. The summed E-state index contributed by atoms with van der Waals surface area (Å²) < 4.78 is 1.53. The minimum atomic E-state index is -0.259. The van der Waals surface area contributed by atoms with Crippen LogP contribution in [0, 0.1) is 0 Å². The number of carbonyl (C=O) groups excluding carboxylic acids is 1. The topological polar surface area (TPSA) is 66.9 Å². The summed E-state index contributed by atoms with van der Waals surface area (Å²) in [4.78, 5) is 28.4. The van der Waals surface area contributed by atoms with Gasteiger partial charge in [0.15, 0.2) is 0 Å². The Balaban J connectivity index is 1.69. The molecule has 0 atom stereocenters. The molecule has 2 N–H and O–H groups in total. The molecule has 6 heteroatoms. The first-order valence-corrected chi connectivity index (χ1v) is 9.84. The molecule has 2 aromatic heterocycles. The highest BCUT2D eigenvalue weighted by Gasteiger charge is 2.14. The number of fused-ring (bicyclic) bond motifs is 1. The minimum absolute atomic E-state index is 0.194. The molecular formula is C23H20ClN3O2. The van der Waals surface area contributed by atoms with Crippen molar-refractivity contribution in [3.63, 3.8) is 0 Å². The Hall–Kier alpha value is -3.31. The van der Waals surface area contributed by atoms with Gasteiger partial charge in [-0.1, -0.05) is 37.1 Å². The van der Waals surface area contributed by atoms with Crippen LogP contribution >= 0.6 is 11.6 Å². The van der Waals surface area contributed by atoms with Gasteiger partial charge in [0.25, 0.3) is 11.5 Å². The van der Waals surface area contributed by atoms with Crippen molar-refractivity contribution >= 4 is 34.2 Å². The van der Waals surface area contributed by atoms with Crippen molar-refractivity contribution in [2.24, 2.45) is 0 Å². The summed E-state index contributed by atoms with van der Waals surface area (Å²) in [5.74, 6) is -0.259. The molecule has 1 amide bonds. The van der Waals surface area contributed by atoms with Crippen molar-refractivity contribution in [1.82, 2.24) is 9.55 Å². The quantitative estimate of drug-likeness (QED) is 0.480. The fraction of sp³-hybridized carbons (Fsp3) is 0.130. The third-order valence-electron chi connectivity index (χ3n) is 4.73. The number of aryl methyl sites for hydroxylation is 1. The second-order valence-electron chi connectivity index (χ2n) is 6.87. The summed E-state index contributed by atoms with van der Waals surface area (Å²) in [6, 6.07) is 19.7. The van der Waals surface area contributed by atoms with Gasteiger partial charge in [-0.05, 0) is 60.5 Å². The highest BCUT2D eigenvalue weighted by molar-refractivity contribution is 6.30. The summed E-state index contributed by atoms with van der Waals surface area (Å²) in [6.45, 7) is 2.12. The highest BCUT2D eigenvalue weighted by Crippen LogP contribution is 2.20. The lowest BCUT2D eigenvalue weighted by Crippen LogP contribution is -2.17. The molecule has 0 spiro atoms. The highest BCUT2D eigenvalue weighted by atomic mass is 35.5. The fourth-order valence-corrected chi connectivity index (χ4v) is 3.50. The number of aromatic nitrogens is 2. The van der Waals surface area contributed by atoms with E-state index in [0.717, 1.165) is 23.9 Å². The number of hydrogen-bond acceptors (Lipinski definition) is 2. The molecule has 0 aliphatic heterocycles. The summed E-state index contributed by atoms with van der Waals surface area (Å²) in [7, 11) is 0. The Morgan fingerprint density at radius 1 is 1.07 bits per heavy atom. The van der Waals surface area contributed by atoms with Crippen molar-refractivity contribution < 1.29 is 4.79 Å².